The lowest BCUT2D eigenvalue weighted by Gasteiger charge is -2.43. The number of esters is 1. The lowest BCUT2D eigenvalue weighted by molar-refractivity contribution is -0.152. The van der Waals surface area contributed by atoms with Crippen LogP contribution in [0.15, 0.2) is 6.07 Å². The SMILES string of the molecule is O=C(OCC(=O)N1CCO[C@H]2CCCC[C@H]21)c1cc2c(s1)CCC2. The van der Waals surface area contributed by atoms with Crippen LogP contribution in [0.3, 0.4) is 0 Å². The second kappa shape index (κ2) is 6.84. The Bertz CT molecular complexity index is 617. The molecule has 4 rings (SSSR count). The fourth-order valence-corrected chi connectivity index (χ4v) is 5.26. The van der Waals surface area contributed by atoms with Crippen LogP contribution >= 0.6 is 11.3 Å². The number of thiophene rings is 1. The van der Waals surface area contributed by atoms with Gasteiger partial charge in [-0.25, -0.2) is 4.79 Å². The first kappa shape index (κ1) is 16.1. The van der Waals surface area contributed by atoms with E-state index in [4.69, 9.17) is 9.47 Å². The van der Waals surface area contributed by atoms with Crippen molar-refractivity contribution in [3.63, 3.8) is 0 Å². The average Bonchev–Trinajstić information content (AvgIpc) is 3.20. The van der Waals surface area contributed by atoms with Gasteiger partial charge < -0.3 is 14.4 Å². The number of hydrogen-bond donors (Lipinski definition) is 0. The van der Waals surface area contributed by atoms with Crippen molar-refractivity contribution in [3.8, 4) is 0 Å². The van der Waals surface area contributed by atoms with E-state index < -0.39 is 0 Å². The molecule has 1 saturated heterocycles. The van der Waals surface area contributed by atoms with Gasteiger partial charge in [0.05, 0.1) is 18.8 Å². The zero-order chi connectivity index (χ0) is 16.5. The molecule has 6 heteroatoms. The molecule has 1 saturated carbocycles. The first-order valence-corrected chi connectivity index (χ1v) is 9.74. The Kier molecular flexibility index (Phi) is 4.59. The molecule has 1 aromatic heterocycles. The van der Waals surface area contributed by atoms with Crippen molar-refractivity contribution in [2.45, 2.75) is 57.1 Å². The Hall–Kier alpha value is -1.40. The smallest absolute Gasteiger partial charge is 0.348 e. The van der Waals surface area contributed by atoms with Crippen molar-refractivity contribution in [2.75, 3.05) is 19.8 Å². The van der Waals surface area contributed by atoms with Crippen molar-refractivity contribution in [2.24, 2.45) is 0 Å². The molecule has 0 radical (unpaired) electrons. The van der Waals surface area contributed by atoms with Crippen LogP contribution in [0.4, 0.5) is 0 Å². The maximum Gasteiger partial charge on any atom is 0.348 e. The highest BCUT2D eigenvalue weighted by Crippen LogP contribution is 2.31. The van der Waals surface area contributed by atoms with E-state index in [2.05, 4.69) is 0 Å². The van der Waals surface area contributed by atoms with Crippen LogP contribution in [-0.2, 0) is 27.1 Å². The molecule has 0 bridgehead atoms. The predicted octanol–water partition coefficient (Wildman–Crippen LogP) is 2.56. The maximum atomic E-state index is 12.5. The summed E-state index contributed by atoms with van der Waals surface area (Å²) in [5.74, 6) is -0.455. The minimum atomic E-state index is -0.365. The molecule has 3 aliphatic rings. The lowest BCUT2D eigenvalue weighted by atomic mass is 9.90. The van der Waals surface area contributed by atoms with Crippen LogP contribution in [0.5, 0.6) is 0 Å². The fourth-order valence-electron chi connectivity index (χ4n) is 4.12. The van der Waals surface area contributed by atoms with Gasteiger partial charge in [0.1, 0.15) is 4.88 Å². The summed E-state index contributed by atoms with van der Waals surface area (Å²) in [6.45, 7) is 1.02. The molecule has 1 aliphatic heterocycles. The monoisotopic (exact) mass is 349 g/mol. The average molecular weight is 349 g/mol. The number of fused-ring (bicyclic) bond motifs is 2. The van der Waals surface area contributed by atoms with Crippen molar-refractivity contribution in [1.82, 2.24) is 4.90 Å². The van der Waals surface area contributed by atoms with Gasteiger partial charge in [-0.3, -0.25) is 4.79 Å². The number of carbonyl (C=O) groups is 2. The maximum absolute atomic E-state index is 12.5. The Morgan fingerprint density at radius 3 is 3.00 bits per heavy atom. The van der Waals surface area contributed by atoms with Gasteiger partial charge in [0.2, 0.25) is 0 Å². The summed E-state index contributed by atoms with van der Waals surface area (Å²) in [5.41, 5.74) is 1.27. The third-order valence-corrected chi connectivity index (χ3v) is 6.54. The lowest BCUT2D eigenvalue weighted by Crippen LogP contribution is -2.55. The molecule has 0 N–H and O–H groups in total. The number of hydrogen-bond acceptors (Lipinski definition) is 5. The second-order valence-electron chi connectivity index (χ2n) is 6.84. The summed E-state index contributed by atoms with van der Waals surface area (Å²) < 4.78 is 11.1. The van der Waals surface area contributed by atoms with E-state index in [0.717, 1.165) is 32.1 Å². The number of rotatable bonds is 3. The molecular formula is C18H23NO4S. The highest BCUT2D eigenvalue weighted by Gasteiger charge is 2.36. The van der Waals surface area contributed by atoms with Crippen LogP contribution in [0.25, 0.3) is 0 Å². The molecule has 1 amide bonds. The summed E-state index contributed by atoms with van der Waals surface area (Å²) in [6.07, 6.45) is 7.76. The quantitative estimate of drug-likeness (QED) is 0.787. The van der Waals surface area contributed by atoms with Crippen molar-refractivity contribution < 1.29 is 19.1 Å². The summed E-state index contributed by atoms with van der Waals surface area (Å²) in [4.78, 5) is 28.5. The van der Waals surface area contributed by atoms with Gasteiger partial charge in [0.25, 0.3) is 5.91 Å². The van der Waals surface area contributed by atoms with E-state index in [9.17, 15) is 9.59 Å². The first-order chi connectivity index (χ1) is 11.7. The van der Waals surface area contributed by atoms with E-state index in [-0.39, 0.29) is 30.6 Å². The van der Waals surface area contributed by atoms with Gasteiger partial charge >= 0.3 is 5.97 Å². The van der Waals surface area contributed by atoms with Crippen LogP contribution < -0.4 is 0 Å². The number of nitrogens with zero attached hydrogens (tertiary/aromatic N) is 1. The molecule has 130 valence electrons. The minimum absolute atomic E-state index is 0.0901. The van der Waals surface area contributed by atoms with E-state index in [1.165, 1.54) is 34.6 Å². The summed E-state index contributed by atoms with van der Waals surface area (Å²) in [7, 11) is 0. The number of carbonyl (C=O) groups excluding carboxylic acids is 2. The Balaban J connectivity index is 1.34. The second-order valence-corrected chi connectivity index (χ2v) is 7.97. The van der Waals surface area contributed by atoms with Crippen LogP contribution in [0, 0.1) is 0 Å². The highest BCUT2D eigenvalue weighted by molar-refractivity contribution is 7.14. The molecule has 1 aromatic rings. The Labute approximate surface area is 145 Å². The molecule has 2 atom stereocenters. The number of aryl methyl sites for hydroxylation is 2. The van der Waals surface area contributed by atoms with Gasteiger partial charge in [0.15, 0.2) is 6.61 Å². The normalized spacial score (nSPS) is 25.9. The van der Waals surface area contributed by atoms with Gasteiger partial charge in [-0.15, -0.1) is 11.3 Å². The van der Waals surface area contributed by atoms with Crippen LogP contribution in [0.1, 0.15) is 52.2 Å². The molecule has 0 unspecified atom stereocenters. The first-order valence-electron chi connectivity index (χ1n) is 8.92. The molecule has 0 aromatic carbocycles. The van der Waals surface area contributed by atoms with Crippen LogP contribution in [0.2, 0.25) is 0 Å². The summed E-state index contributed by atoms with van der Waals surface area (Å²) >= 11 is 1.52. The Morgan fingerprint density at radius 2 is 2.12 bits per heavy atom. The zero-order valence-corrected chi connectivity index (χ0v) is 14.6. The minimum Gasteiger partial charge on any atom is -0.451 e. The van der Waals surface area contributed by atoms with E-state index in [1.54, 1.807) is 0 Å². The Morgan fingerprint density at radius 1 is 1.25 bits per heavy atom. The van der Waals surface area contributed by atoms with Crippen molar-refractivity contribution in [3.05, 3.63) is 21.4 Å². The largest absolute Gasteiger partial charge is 0.451 e. The molecule has 5 nitrogen and oxygen atoms in total. The van der Waals surface area contributed by atoms with Crippen LogP contribution in [-0.4, -0.2) is 48.7 Å². The van der Waals surface area contributed by atoms with Gasteiger partial charge in [0, 0.05) is 11.4 Å². The molecule has 2 aliphatic carbocycles. The van der Waals surface area contributed by atoms with E-state index in [1.807, 2.05) is 11.0 Å². The summed E-state index contributed by atoms with van der Waals surface area (Å²) in [5, 5.41) is 0. The molecule has 0 spiro atoms. The third-order valence-electron chi connectivity index (χ3n) is 5.33. The van der Waals surface area contributed by atoms with Crippen molar-refractivity contribution in [1.29, 1.82) is 0 Å². The van der Waals surface area contributed by atoms with Gasteiger partial charge in [-0.2, -0.15) is 0 Å². The fraction of sp³-hybridized carbons (Fsp3) is 0.667. The molecule has 24 heavy (non-hydrogen) atoms. The standard InChI is InChI=1S/C18H23NO4S/c20-17(19-8-9-22-14-6-2-1-5-13(14)19)11-23-18(21)16-10-12-4-3-7-15(12)24-16/h10,13-14H,1-9,11H2/t13-,14+/m1/s1. The molecular weight excluding hydrogens is 326 g/mol. The van der Waals surface area contributed by atoms with Crippen molar-refractivity contribution >= 4 is 23.2 Å². The molecule has 2 heterocycles. The topological polar surface area (TPSA) is 55.8 Å². The number of amides is 1. The van der Waals surface area contributed by atoms with E-state index >= 15 is 0 Å². The zero-order valence-electron chi connectivity index (χ0n) is 13.8. The predicted molar refractivity (Wildman–Crippen MR) is 90.3 cm³/mol. The highest BCUT2D eigenvalue weighted by atomic mass is 32.1. The number of ether oxygens (including phenoxy) is 2. The van der Waals surface area contributed by atoms with Gasteiger partial charge in [-0.05, 0) is 43.7 Å². The molecule has 2 fully saturated rings. The number of morpholine rings is 1. The third kappa shape index (κ3) is 3.09. The van der Waals surface area contributed by atoms with E-state index in [0.29, 0.717) is 18.0 Å². The van der Waals surface area contributed by atoms with Gasteiger partial charge in [-0.1, -0.05) is 12.8 Å². The summed E-state index contributed by atoms with van der Waals surface area (Å²) in [6, 6.07) is 2.09.